The normalized spacial score (nSPS) is 27.8. The minimum Gasteiger partial charge on any atom is -0.494 e. The molecule has 1 aliphatic heterocycles. The second-order valence-electron chi connectivity index (χ2n) is 7.72. The zero-order chi connectivity index (χ0) is 17.4. The van der Waals surface area contributed by atoms with E-state index >= 15 is 0 Å². The Morgan fingerprint density at radius 2 is 2.20 bits per heavy atom. The number of anilines is 2. The molecule has 2 aliphatic carbocycles. The maximum absolute atomic E-state index is 12.4. The fourth-order valence-electron chi connectivity index (χ4n) is 4.96. The number of fused-ring (bicyclic) bond motifs is 2. The van der Waals surface area contributed by atoms with Crippen molar-refractivity contribution in [2.45, 2.75) is 44.9 Å². The van der Waals surface area contributed by atoms with Crippen LogP contribution in [0.1, 0.15) is 44.9 Å². The zero-order valence-corrected chi connectivity index (χ0v) is 14.8. The van der Waals surface area contributed by atoms with Crippen LogP contribution in [0.15, 0.2) is 18.2 Å². The molecule has 3 atom stereocenters. The van der Waals surface area contributed by atoms with Gasteiger partial charge in [0.25, 0.3) is 0 Å². The molecule has 5 heteroatoms. The summed E-state index contributed by atoms with van der Waals surface area (Å²) >= 11 is 0. The number of carbonyl (C=O) groups excluding carboxylic acids is 2. The van der Waals surface area contributed by atoms with Gasteiger partial charge in [-0.05, 0) is 55.6 Å². The van der Waals surface area contributed by atoms with Crippen molar-refractivity contribution in [3.8, 4) is 5.75 Å². The molecule has 4 rings (SSSR count). The Bertz CT molecular complexity index is 688. The van der Waals surface area contributed by atoms with Gasteiger partial charge in [0.15, 0.2) is 0 Å². The Hall–Kier alpha value is -2.04. The Morgan fingerprint density at radius 1 is 1.32 bits per heavy atom. The van der Waals surface area contributed by atoms with Gasteiger partial charge in [0.05, 0.1) is 12.8 Å². The van der Waals surface area contributed by atoms with Crippen LogP contribution in [-0.4, -0.2) is 25.5 Å². The van der Waals surface area contributed by atoms with Crippen LogP contribution in [0.25, 0.3) is 0 Å². The zero-order valence-electron chi connectivity index (χ0n) is 14.8. The number of amides is 2. The predicted octanol–water partition coefficient (Wildman–Crippen LogP) is 3.59. The highest BCUT2D eigenvalue weighted by molar-refractivity contribution is 5.98. The third-order valence-electron chi connectivity index (χ3n) is 6.16. The number of nitrogens with one attached hydrogen (secondary N) is 1. The van der Waals surface area contributed by atoms with Gasteiger partial charge in [-0.3, -0.25) is 9.59 Å². The number of hydrogen-bond acceptors (Lipinski definition) is 3. The van der Waals surface area contributed by atoms with Crippen molar-refractivity contribution < 1.29 is 14.3 Å². The lowest BCUT2D eigenvalue weighted by atomic mass is 9.86. The molecule has 25 heavy (non-hydrogen) atoms. The summed E-state index contributed by atoms with van der Waals surface area (Å²) in [6.45, 7) is 0.727. The quantitative estimate of drug-likeness (QED) is 0.890. The molecule has 2 saturated carbocycles. The van der Waals surface area contributed by atoms with E-state index < -0.39 is 0 Å². The van der Waals surface area contributed by atoms with Crippen molar-refractivity contribution in [3.63, 3.8) is 0 Å². The number of carbonyl (C=O) groups is 2. The van der Waals surface area contributed by atoms with E-state index in [1.807, 2.05) is 18.2 Å². The lowest BCUT2D eigenvalue weighted by Crippen LogP contribution is -2.24. The largest absolute Gasteiger partial charge is 0.494 e. The molecule has 1 N–H and O–H groups in total. The smallest absolute Gasteiger partial charge is 0.227 e. The maximum Gasteiger partial charge on any atom is 0.227 e. The number of benzene rings is 1. The van der Waals surface area contributed by atoms with Gasteiger partial charge in [-0.1, -0.05) is 6.42 Å². The van der Waals surface area contributed by atoms with Crippen molar-refractivity contribution in [1.82, 2.24) is 0 Å². The third kappa shape index (κ3) is 3.24. The monoisotopic (exact) mass is 342 g/mol. The molecule has 2 bridgehead atoms. The van der Waals surface area contributed by atoms with E-state index in [0.717, 1.165) is 36.2 Å². The van der Waals surface area contributed by atoms with Gasteiger partial charge < -0.3 is 15.0 Å². The van der Waals surface area contributed by atoms with Gasteiger partial charge >= 0.3 is 0 Å². The van der Waals surface area contributed by atoms with Crippen LogP contribution in [-0.2, 0) is 9.59 Å². The van der Waals surface area contributed by atoms with Crippen LogP contribution in [0.4, 0.5) is 11.4 Å². The van der Waals surface area contributed by atoms with Crippen LogP contribution >= 0.6 is 0 Å². The Morgan fingerprint density at radius 3 is 2.84 bits per heavy atom. The number of hydrogen-bond donors (Lipinski definition) is 1. The summed E-state index contributed by atoms with van der Waals surface area (Å²) in [5.41, 5.74) is 1.52. The fraction of sp³-hybridized carbons (Fsp3) is 0.600. The standard InChI is InChI=1S/C20H26N2O3/c1-25-18-12-16(6-7-17(18)22-8-2-3-20(22)24)21-19(23)11-15-10-13-4-5-14(15)9-13/h6-7,12-15H,2-5,8-11H2,1H3,(H,21,23). The predicted molar refractivity (Wildman–Crippen MR) is 96.8 cm³/mol. The van der Waals surface area contributed by atoms with Crippen molar-refractivity contribution in [1.29, 1.82) is 0 Å². The van der Waals surface area contributed by atoms with Crippen molar-refractivity contribution in [3.05, 3.63) is 18.2 Å². The summed E-state index contributed by atoms with van der Waals surface area (Å²) in [6.07, 6.45) is 7.29. The van der Waals surface area contributed by atoms with E-state index in [4.69, 9.17) is 4.74 Å². The SMILES string of the molecule is COc1cc(NC(=O)CC2CC3CCC2C3)ccc1N1CCCC1=O. The third-order valence-corrected chi connectivity index (χ3v) is 6.16. The van der Waals surface area contributed by atoms with E-state index in [-0.39, 0.29) is 11.8 Å². The second kappa shape index (κ2) is 6.70. The van der Waals surface area contributed by atoms with Gasteiger partial charge in [0, 0.05) is 31.1 Å². The summed E-state index contributed by atoms with van der Waals surface area (Å²) in [7, 11) is 1.60. The van der Waals surface area contributed by atoms with Gasteiger partial charge in [-0.25, -0.2) is 0 Å². The Kier molecular flexibility index (Phi) is 4.40. The van der Waals surface area contributed by atoms with Crippen LogP contribution in [0.3, 0.4) is 0 Å². The van der Waals surface area contributed by atoms with E-state index in [1.54, 1.807) is 12.0 Å². The molecule has 1 saturated heterocycles. The van der Waals surface area contributed by atoms with Crippen molar-refractivity contribution >= 4 is 23.2 Å². The Balaban J connectivity index is 1.42. The highest BCUT2D eigenvalue weighted by Crippen LogP contribution is 2.49. The van der Waals surface area contributed by atoms with E-state index in [2.05, 4.69) is 5.32 Å². The first kappa shape index (κ1) is 16.4. The molecule has 1 heterocycles. The average Bonchev–Trinajstić information content (AvgIpc) is 3.31. The van der Waals surface area contributed by atoms with E-state index in [9.17, 15) is 9.59 Å². The summed E-state index contributed by atoms with van der Waals surface area (Å²) < 4.78 is 5.46. The molecular formula is C20H26N2O3. The molecule has 1 aromatic carbocycles. The molecule has 3 aliphatic rings. The van der Waals surface area contributed by atoms with Crippen LogP contribution in [0, 0.1) is 17.8 Å². The van der Waals surface area contributed by atoms with Gasteiger partial charge in [-0.2, -0.15) is 0 Å². The maximum atomic E-state index is 12.4. The van der Waals surface area contributed by atoms with Crippen molar-refractivity contribution in [2.24, 2.45) is 17.8 Å². The van der Waals surface area contributed by atoms with E-state index in [1.165, 1.54) is 25.7 Å². The first-order valence-corrected chi connectivity index (χ1v) is 9.42. The van der Waals surface area contributed by atoms with Crippen LogP contribution in [0.5, 0.6) is 5.75 Å². The molecule has 1 aromatic rings. The summed E-state index contributed by atoms with van der Waals surface area (Å²) in [6, 6.07) is 5.55. The van der Waals surface area contributed by atoms with Gasteiger partial charge in [-0.15, -0.1) is 0 Å². The highest BCUT2D eigenvalue weighted by atomic mass is 16.5. The van der Waals surface area contributed by atoms with Gasteiger partial charge in [0.2, 0.25) is 11.8 Å². The average molecular weight is 342 g/mol. The summed E-state index contributed by atoms with van der Waals surface area (Å²) in [5.74, 6) is 3.03. The lowest BCUT2D eigenvalue weighted by Gasteiger charge is -2.22. The number of methoxy groups -OCH3 is 1. The highest BCUT2D eigenvalue weighted by Gasteiger charge is 2.40. The first-order valence-electron chi connectivity index (χ1n) is 9.42. The molecule has 3 unspecified atom stereocenters. The van der Waals surface area contributed by atoms with Crippen LogP contribution in [0.2, 0.25) is 0 Å². The summed E-state index contributed by atoms with van der Waals surface area (Å²) in [4.78, 5) is 26.1. The minimum absolute atomic E-state index is 0.0876. The minimum atomic E-state index is 0.0876. The number of ether oxygens (including phenoxy) is 1. The molecule has 134 valence electrons. The molecule has 2 amide bonds. The number of rotatable bonds is 5. The second-order valence-corrected chi connectivity index (χ2v) is 7.72. The molecule has 0 radical (unpaired) electrons. The first-order chi connectivity index (χ1) is 12.1. The molecule has 3 fully saturated rings. The lowest BCUT2D eigenvalue weighted by molar-refractivity contribution is -0.118. The molecular weight excluding hydrogens is 316 g/mol. The molecule has 0 aromatic heterocycles. The Labute approximate surface area is 148 Å². The van der Waals surface area contributed by atoms with Gasteiger partial charge in [0.1, 0.15) is 5.75 Å². The van der Waals surface area contributed by atoms with Crippen LogP contribution < -0.4 is 15.0 Å². The molecule has 5 nitrogen and oxygen atoms in total. The number of nitrogens with zero attached hydrogens (tertiary/aromatic N) is 1. The van der Waals surface area contributed by atoms with E-state index in [0.29, 0.717) is 24.5 Å². The molecule has 0 spiro atoms. The summed E-state index contributed by atoms with van der Waals surface area (Å²) in [5, 5.41) is 3.01. The topological polar surface area (TPSA) is 58.6 Å². The van der Waals surface area contributed by atoms with Crippen molar-refractivity contribution in [2.75, 3.05) is 23.9 Å². The fourth-order valence-corrected chi connectivity index (χ4v) is 4.96.